The van der Waals surface area contributed by atoms with E-state index < -0.39 is 36.5 Å². The highest BCUT2D eigenvalue weighted by atomic mass is 16.8. The highest BCUT2D eigenvalue weighted by molar-refractivity contribution is 5.79. The molecular formula is C10H14O11. The molecule has 11 nitrogen and oxygen atoms in total. The van der Waals surface area contributed by atoms with Crippen LogP contribution in [0.1, 0.15) is 0 Å². The molecule has 0 aliphatic carbocycles. The number of esters is 1. The number of aliphatic carboxylic acids is 1. The number of cyclic esters (lactones) is 4. The van der Waals surface area contributed by atoms with Crippen LogP contribution < -0.4 is 0 Å². The molecule has 0 radical (unpaired) electrons. The molecule has 0 aromatic rings. The van der Waals surface area contributed by atoms with Crippen LogP contribution in [-0.2, 0) is 33.3 Å². The van der Waals surface area contributed by atoms with Gasteiger partial charge in [0.25, 0.3) is 0 Å². The van der Waals surface area contributed by atoms with Crippen LogP contribution in [0.3, 0.4) is 0 Å². The molecule has 120 valence electrons. The fourth-order valence-electron chi connectivity index (χ4n) is 1.03. The Labute approximate surface area is 118 Å². The molecule has 2 aliphatic rings. The summed E-state index contributed by atoms with van der Waals surface area (Å²) in [5, 5.41) is 15.2. The highest BCUT2D eigenvalue weighted by Crippen LogP contribution is 2.06. The predicted molar refractivity (Wildman–Crippen MR) is 60.2 cm³/mol. The van der Waals surface area contributed by atoms with Crippen LogP contribution in [0, 0.1) is 0 Å². The zero-order chi connectivity index (χ0) is 16.4. The maximum Gasteiger partial charge on any atom is 0.509 e. The van der Waals surface area contributed by atoms with Crippen molar-refractivity contribution in [3.05, 3.63) is 0 Å². The van der Waals surface area contributed by atoms with E-state index in [9.17, 15) is 19.2 Å². The molecular weight excluding hydrogens is 296 g/mol. The molecule has 2 saturated heterocycles. The first-order chi connectivity index (χ1) is 9.93. The highest BCUT2D eigenvalue weighted by Gasteiger charge is 2.32. The second-order valence-corrected chi connectivity index (χ2v) is 3.20. The summed E-state index contributed by atoms with van der Waals surface area (Å²) < 4.78 is 21.3. The molecule has 0 spiro atoms. The molecule has 2 rings (SSSR count). The van der Waals surface area contributed by atoms with Gasteiger partial charge in [-0.3, -0.25) is 0 Å². The average molecular weight is 310 g/mol. The van der Waals surface area contributed by atoms with Crippen LogP contribution in [0.25, 0.3) is 0 Å². The number of hydrogen-bond acceptors (Lipinski definition) is 10. The number of hydrogen-bond donors (Lipinski definition) is 2. The van der Waals surface area contributed by atoms with Gasteiger partial charge in [0, 0.05) is 7.11 Å². The van der Waals surface area contributed by atoms with E-state index in [2.05, 4.69) is 23.7 Å². The molecule has 0 aromatic carbocycles. The molecule has 21 heavy (non-hydrogen) atoms. The normalized spacial score (nSPS) is 22.0. The molecule has 2 atom stereocenters. The fraction of sp³-hybridized carbons (Fsp3) is 0.600. The third-order valence-electron chi connectivity index (χ3n) is 1.92. The zero-order valence-electron chi connectivity index (χ0n) is 11.1. The van der Waals surface area contributed by atoms with Crippen molar-refractivity contribution in [1.82, 2.24) is 0 Å². The Morgan fingerprint density at radius 1 is 1.05 bits per heavy atom. The van der Waals surface area contributed by atoms with Crippen LogP contribution in [0.2, 0.25) is 0 Å². The molecule has 2 fully saturated rings. The van der Waals surface area contributed by atoms with E-state index in [1.54, 1.807) is 0 Å². The van der Waals surface area contributed by atoms with Gasteiger partial charge in [-0.05, 0) is 0 Å². The van der Waals surface area contributed by atoms with Crippen LogP contribution in [-0.4, -0.2) is 74.1 Å². The molecule has 0 saturated carbocycles. The second-order valence-electron chi connectivity index (χ2n) is 3.20. The number of aliphatic hydroxyl groups is 1. The quantitative estimate of drug-likeness (QED) is 0.472. The van der Waals surface area contributed by atoms with Gasteiger partial charge in [0.2, 0.25) is 12.2 Å². The minimum Gasteiger partial charge on any atom is -0.478 e. The number of ether oxygens (including phenoxy) is 5. The summed E-state index contributed by atoms with van der Waals surface area (Å²) >= 11 is 0. The molecule has 2 aliphatic heterocycles. The van der Waals surface area contributed by atoms with E-state index in [0.717, 1.165) is 7.11 Å². The van der Waals surface area contributed by atoms with Crippen molar-refractivity contribution in [3.8, 4) is 0 Å². The minimum atomic E-state index is -1.18. The summed E-state index contributed by atoms with van der Waals surface area (Å²) in [6, 6.07) is 0. The van der Waals surface area contributed by atoms with Gasteiger partial charge in [0.1, 0.15) is 13.2 Å². The Balaban J connectivity index is 0.000000342. The van der Waals surface area contributed by atoms with Crippen LogP contribution in [0.15, 0.2) is 0 Å². The molecule has 0 bridgehead atoms. The summed E-state index contributed by atoms with van der Waals surface area (Å²) in [6.07, 6.45) is -3.73. The molecule has 2 unspecified atom stereocenters. The summed E-state index contributed by atoms with van der Waals surface area (Å²) in [7, 11) is 2.22. The standard InChI is InChI=1S/C5H6O5.C4H4O5.CH4O/c1-8-4(6)3-2-9-5(7)10-3;5-3(6)2-1-8-4(7)9-2;1-2/h3H,2H2,1H3;2H,1H2,(H,5,6);2H,1H3. The van der Waals surface area contributed by atoms with E-state index in [1.165, 1.54) is 7.11 Å². The molecule has 2 N–H and O–H groups in total. The first-order valence-electron chi connectivity index (χ1n) is 5.36. The van der Waals surface area contributed by atoms with Crippen molar-refractivity contribution < 1.29 is 53.1 Å². The van der Waals surface area contributed by atoms with Crippen molar-refractivity contribution in [1.29, 1.82) is 0 Å². The van der Waals surface area contributed by atoms with Crippen molar-refractivity contribution in [2.45, 2.75) is 12.2 Å². The van der Waals surface area contributed by atoms with E-state index in [-0.39, 0.29) is 13.2 Å². The van der Waals surface area contributed by atoms with E-state index in [4.69, 9.17) is 10.2 Å². The van der Waals surface area contributed by atoms with Gasteiger partial charge in [-0.1, -0.05) is 0 Å². The van der Waals surface area contributed by atoms with Gasteiger partial charge in [0.15, 0.2) is 0 Å². The topological polar surface area (TPSA) is 155 Å². The molecule has 11 heteroatoms. The molecule has 2 heterocycles. The lowest BCUT2D eigenvalue weighted by molar-refractivity contribution is -0.148. The summed E-state index contributed by atoms with van der Waals surface area (Å²) in [5.74, 6) is -1.77. The van der Waals surface area contributed by atoms with E-state index in [0.29, 0.717) is 0 Å². The number of carbonyl (C=O) groups is 4. The van der Waals surface area contributed by atoms with Gasteiger partial charge >= 0.3 is 24.2 Å². The third kappa shape index (κ3) is 6.42. The van der Waals surface area contributed by atoms with Gasteiger partial charge in [-0.2, -0.15) is 0 Å². The van der Waals surface area contributed by atoms with Crippen LogP contribution in [0.5, 0.6) is 0 Å². The lowest BCUT2D eigenvalue weighted by Gasteiger charge is -2.00. The number of rotatable bonds is 2. The van der Waals surface area contributed by atoms with Crippen molar-refractivity contribution in [3.63, 3.8) is 0 Å². The number of aliphatic hydroxyl groups excluding tert-OH is 1. The Morgan fingerprint density at radius 3 is 1.71 bits per heavy atom. The van der Waals surface area contributed by atoms with E-state index in [1.807, 2.05) is 0 Å². The van der Waals surface area contributed by atoms with Crippen molar-refractivity contribution in [2.24, 2.45) is 0 Å². The monoisotopic (exact) mass is 310 g/mol. The fourth-order valence-corrected chi connectivity index (χ4v) is 1.03. The maximum atomic E-state index is 10.6. The summed E-state index contributed by atoms with van der Waals surface area (Å²) in [6.45, 7) is -0.236. The number of carboxylic acid groups (broad SMARTS) is 1. The number of carbonyl (C=O) groups excluding carboxylic acids is 3. The summed E-state index contributed by atoms with van der Waals surface area (Å²) in [5.41, 5.74) is 0. The Morgan fingerprint density at radius 2 is 1.48 bits per heavy atom. The van der Waals surface area contributed by atoms with Crippen molar-refractivity contribution in [2.75, 3.05) is 27.4 Å². The number of methoxy groups -OCH3 is 1. The van der Waals surface area contributed by atoms with Gasteiger partial charge in [0.05, 0.1) is 7.11 Å². The minimum absolute atomic E-state index is 0.0501. The van der Waals surface area contributed by atoms with Crippen LogP contribution >= 0.6 is 0 Å². The maximum absolute atomic E-state index is 10.6. The zero-order valence-corrected chi connectivity index (χ0v) is 11.1. The first-order valence-corrected chi connectivity index (χ1v) is 5.36. The van der Waals surface area contributed by atoms with Crippen LogP contribution in [0.4, 0.5) is 9.59 Å². The Hall–Kier alpha value is -2.56. The second kappa shape index (κ2) is 9.36. The smallest absolute Gasteiger partial charge is 0.478 e. The van der Waals surface area contributed by atoms with Gasteiger partial charge in [-0.15, -0.1) is 0 Å². The Kier molecular flexibility index (Phi) is 8.22. The lowest BCUT2D eigenvalue weighted by Crippen LogP contribution is -2.23. The first kappa shape index (κ1) is 18.4. The lowest BCUT2D eigenvalue weighted by atomic mass is 10.4. The summed E-state index contributed by atoms with van der Waals surface area (Å²) in [4.78, 5) is 40.8. The SMILES string of the molecule is CO.COC(=O)C1COC(=O)O1.O=C1OCC(C(=O)O)O1. The Bertz CT molecular complexity index is 390. The van der Waals surface area contributed by atoms with Gasteiger partial charge < -0.3 is 33.9 Å². The van der Waals surface area contributed by atoms with E-state index >= 15 is 0 Å². The predicted octanol–water partition coefficient (Wildman–Crippen LogP) is -1.09. The largest absolute Gasteiger partial charge is 0.509 e. The molecule has 0 amide bonds. The average Bonchev–Trinajstić information content (AvgIpc) is 3.10. The third-order valence-corrected chi connectivity index (χ3v) is 1.92. The van der Waals surface area contributed by atoms with Gasteiger partial charge in [-0.25, -0.2) is 19.2 Å². The van der Waals surface area contributed by atoms with Crippen molar-refractivity contribution >= 4 is 24.2 Å². The molecule has 0 aromatic heterocycles. The number of carboxylic acids is 1.